The minimum absolute atomic E-state index is 0.00412. The highest BCUT2D eigenvalue weighted by Gasteiger charge is 2.33. The van der Waals surface area contributed by atoms with Crippen molar-refractivity contribution in [1.29, 1.82) is 0 Å². The van der Waals surface area contributed by atoms with Gasteiger partial charge in [0.25, 0.3) is 0 Å². The molecule has 116 valence electrons. The molecule has 1 fully saturated rings. The van der Waals surface area contributed by atoms with E-state index in [4.69, 9.17) is 0 Å². The average Bonchev–Trinajstić information content (AvgIpc) is 2.94. The fourth-order valence-electron chi connectivity index (χ4n) is 2.59. The van der Waals surface area contributed by atoms with E-state index in [9.17, 15) is 9.59 Å². The first kappa shape index (κ1) is 15.5. The van der Waals surface area contributed by atoms with Gasteiger partial charge in [-0.2, -0.15) is 5.10 Å². The molecule has 21 heavy (non-hydrogen) atoms. The standard InChI is InChI=1S/C14H23N5O2/c1-11(2)8-17-6-7-19(12(3)14(17)21)13(20)4-5-18-10-15-9-16-18/h9-12H,4-8H2,1-3H3/t12-/m1/s1. The molecule has 0 spiro atoms. The molecule has 2 heterocycles. The van der Waals surface area contributed by atoms with Crippen molar-refractivity contribution in [2.75, 3.05) is 19.6 Å². The van der Waals surface area contributed by atoms with Gasteiger partial charge < -0.3 is 9.80 Å². The van der Waals surface area contributed by atoms with Gasteiger partial charge in [0.1, 0.15) is 18.7 Å². The van der Waals surface area contributed by atoms with E-state index in [1.165, 1.54) is 6.33 Å². The highest BCUT2D eigenvalue weighted by molar-refractivity contribution is 5.88. The highest BCUT2D eigenvalue weighted by atomic mass is 16.2. The predicted octanol–water partition coefficient (Wildman–Crippen LogP) is 0.383. The summed E-state index contributed by atoms with van der Waals surface area (Å²) in [6.45, 7) is 8.46. The lowest BCUT2D eigenvalue weighted by molar-refractivity contribution is -0.151. The number of nitrogens with zero attached hydrogens (tertiary/aromatic N) is 5. The zero-order valence-corrected chi connectivity index (χ0v) is 12.9. The van der Waals surface area contributed by atoms with Gasteiger partial charge >= 0.3 is 0 Å². The van der Waals surface area contributed by atoms with Crippen molar-refractivity contribution in [3.8, 4) is 0 Å². The van der Waals surface area contributed by atoms with Crippen LogP contribution in [0.2, 0.25) is 0 Å². The molecule has 1 aliphatic heterocycles. The third-order valence-electron chi connectivity index (χ3n) is 3.67. The molecule has 1 aliphatic rings. The summed E-state index contributed by atoms with van der Waals surface area (Å²) in [4.78, 5) is 32.0. The van der Waals surface area contributed by atoms with E-state index < -0.39 is 0 Å². The maximum atomic E-state index is 12.3. The zero-order chi connectivity index (χ0) is 15.4. The summed E-state index contributed by atoms with van der Waals surface area (Å²) in [7, 11) is 0. The van der Waals surface area contributed by atoms with Crippen LogP contribution in [-0.2, 0) is 16.1 Å². The van der Waals surface area contributed by atoms with Crippen molar-refractivity contribution in [3.05, 3.63) is 12.7 Å². The summed E-state index contributed by atoms with van der Waals surface area (Å²) < 4.78 is 1.62. The van der Waals surface area contributed by atoms with Crippen molar-refractivity contribution >= 4 is 11.8 Å². The quantitative estimate of drug-likeness (QED) is 0.787. The Morgan fingerprint density at radius 3 is 2.81 bits per heavy atom. The van der Waals surface area contributed by atoms with Gasteiger partial charge in [-0.25, -0.2) is 4.98 Å². The van der Waals surface area contributed by atoms with E-state index >= 15 is 0 Å². The van der Waals surface area contributed by atoms with Gasteiger partial charge in [-0.1, -0.05) is 13.8 Å². The van der Waals surface area contributed by atoms with Gasteiger partial charge in [0.05, 0.1) is 6.54 Å². The molecule has 1 atom stereocenters. The van der Waals surface area contributed by atoms with Crippen molar-refractivity contribution in [2.24, 2.45) is 5.92 Å². The zero-order valence-electron chi connectivity index (χ0n) is 12.9. The molecular formula is C14H23N5O2. The fourth-order valence-corrected chi connectivity index (χ4v) is 2.59. The van der Waals surface area contributed by atoms with Crippen LogP contribution in [0.5, 0.6) is 0 Å². The molecule has 0 aliphatic carbocycles. The monoisotopic (exact) mass is 293 g/mol. The van der Waals surface area contributed by atoms with Gasteiger partial charge in [0.15, 0.2) is 0 Å². The molecule has 1 aromatic heterocycles. The molecule has 1 aromatic rings. The summed E-state index contributed by atoms with van der Waals surface area (Å²) in [5.74, 6) is 0.482. The molecule has 2 rings (SSSR count). The Kier molecular flexibility index (Phi) is 4.93. The Labute approximate surface area is 124 Å². The number of carbonyl (C=O) groups is 2. The van der Waals surface area contributed by atoms with E-state index in [2.05, 4.69) is 23.9 Å². The van der Waals surface area contributed by atoms with Gasteiger partial charge in [-0.05, 0) is 12.8 Å². The van der Waals surface area contributed by atoms with Crippen LogP contribution in [0, 0.1) is 5.92 Å². The summed E-state index contributed by atoms with van der Waals surface area (Å²) in [5, 5.41) is 3.97. The Bertz CT molecular complexity index is 486. The molecule has 0 unspecified atom stereocenters. The number of carbonyl (C=O) groups excluding carboxylic acids is 2. The van der Waals surface area contributed by atoms with Gasteiger partial charge in [0.2, 0.25) is 11.8 Å². The number of amides is 2. The number of aromatic nitrogens is 3. The summed E-state index contributed by atoms with van der Waals surface area (Å²) >= 11 is 0. The number of piperazine rings is 1. The SMILES string of the molecule is CC(C)CN1CCN(C(=O)CCn2cncn2)[C@H](C)C1=O. The minimum Gasteiger partial charge on any atom is -0.339 e. The molecule has 0 aromatic carbocycles. The highest BCUT2D eigenvalue weighted by Crippen LogP contribution is 2.14. The lowest BCUT2D eigenvalue weighted by Gasteiger charge is -2.39. The van der Waals surface area contributed by atoms with Crippen LogP contribution in [0.15, 0.2) is 12.7 Å². The molecule has 0 radical (unpaired) electrons. The van der Waals surface area contributed by atoms with Crippen molar-refractivity contribution in [1.82, 2.24) is 24.6 Å². The molecule has 0 bridgehead atoms. The Morgan fingerprint density at radius 2 is 2.19 bits per heavy atom. The van der Waals surface area contributed by atoms with Crippen LogP contribution in [0.3, 0.4) is 0 Å². The molecule has 2 amide bonds. The van der Waals surface area contributed by atoms with Crippen LogP contribution in [0.1, 0.15) is 27.2 Å². The number of hydrogen-bond donors (Lipinski definition) is 0. The Morgan fingerprint density at radius 1 is 1.43 bits per heavy atom. The second-order valence-corrected chi connectivity index (χ2v) is 5.85. The van der Waals surface area contributed by atoms with Gasteiger partial charge in [-0.3, -0.25) is 14.3 Å². The third kappa shape index (κ3) is 3.80. The normalized spacial score (nSPS) is 19.4. The first-order valence-electron chi connectivity index (χ1n) is 7.39. The Balaban J connectivity index is 1.89. The molecule has 7 nitrogen and oxygen atoms in total. The lowest BCUT2D eigenvalue weighted by Crippen LogP contribution is -2.58. The second kappa shape index (κ2) is 6.69. The summed E-state index contributed by atoms with van der Waals surface area (Å²) in [6, 6.07) is -0.374. The summed E-state index contributed by atoms with van der Waals surface area (Å²) in [6.07, 6.45) is 3.37. The fraction of sp³-hybridized carbons (Fsp3) is 0.714. The molecular weight excluding hydrogens is 270 g/mol. The molecule has 0 saturated carbocycles. The van der Waals surface area contributed by atoms with Crippen LogP contribution in [0.4, 0.5) is 0 Å². The van der Waals surface area contributed by atoms with E-state index in [0.717, 1.165) is 6.54 Å². The molecule has 1 saturated heterocycles. The lowest BCUT2D eigenvalue weighted by atomic mass is 10.1. The third-order valence-corrected chi connectivity index (χ3v) is 3.67. The first-order chi connectivity index (χ1) is 9.99. The van der Waals surface area contributed by atoms with Crippen LogP contribution >= 0.6 is 0 Å². The maximum absolute atomic E-state index is 12.3. The predicted molar refractivity (Wildman–Crippen MR) is 77.2 cm³/mol. The maximum Gasteiger partial charge on any atom is 0.245 e. The topological polar surface area (TPSA) is 71.3 Å². The minimum atomic E-state index is -0.374. The Hall–Kier alpha value is -1.92. The van der Waals surface area contributed by atoms with Gasteiger partial charge in [-0.15, -0.1) is 0 Å². The first-order valence-corrected chi connectivity index (χ1v) is 7.39. The van der Waals surface area contributed by atoms with E-state index in [1.54, 1.807) is 15.9 Å². The van der Waals surface area contributed by atoms with E-state index in [-0.39, 0.29) is 17.9 Å². The van der Waals surface area contributed by atoms with Crippen molar-refractivity contribution in [3.63, 3.8) is 0 Å². The number of aryl methyl sites for hydroxylation is 1. The van der Waals surface area contributed by atoms with E-state index in [0.29, 0.717) is 32.0 Å². The van der Waals surface area contributed by atoms with Crippen molar-refractivity contribution < 1.29 is 9.59 Å². The van der Waals surface area contributed by atoms with Gasteiger partial charge in [0, 0.05) is 26.1 Å². The second-order valence-electron chi connectivity index (χ2n) is 5.85. The number of rotatable bonds is 5. The summed E-state index contributed by atoms with van der Waals surface area (Å²) in [5.41, 5.74) is 0. The average molecular weight is 293 g/mol. The van der Waals surface area contributed by atoms with Crippen molar-refractivity contribution in [2.45, 2.75) is 39.8 Å². The van der Waals surface area contributed by atoms with Crippen LogP contribution in [0.25, 0.3) is 0 Å². The smallest absolute Gasteiger partial charge is 0.245 e. The number of hydrogen-bond acceptors (Lipinski definition) is 4. The van der Waals surface area contributed by atoms with E-state index in [1.807, 2.05) is 11.8 Å². The largest absolute Gasteiger partial charge is 0.339 e. The molecule has 7 heteroatoms. The van der Waals surface area contributed by atoms with Crippen LogP contribution < -0.4 is 0 Å². The van der Waals surface area contributed by atoms with Crippen LogP contribution in [-0.4, -0.2) is 62.1 Å². The molecule has 0 N–H and O–H groups in total.